The van der Waals surface area contributed by atoms with Crippen molar-refractivity contribution < 1.29 is 4.79 Å². The van der Waals surface area contributed by atoms with Crippen molar-refractivity contribution in [2.45, 2.75) is 32.2 Å². The fourth-order valence-electron chi connectivity index (χ4n) is 3.43. The van der Waals surface area contributed by atoms with Gasteiger partial charge in [0.25, 0.3) is 0 Å². The average molecular weight is 337 g/mol. The molecule has 0 saturated carbocycles. The molecule has 1 fully saturated rings. The molecule has 1 atom stereocenters. The topological polar surface area (TPSA) is 36.4 Å². The van der Waals surface area contributed by atoms with Crippen LogP contribution in [-0.4, -0.2) is 47.9 Å². The lowest BCUT2D eigenvalue weighted by atomic mass is 10.1. The molecule has 1 amide bonds. The fraction of sp³-hybridized carbons (Fsp3) is 0.429. The number of hydrogen-bond acceptors (Lipinski definition) is 3. The summed E-state index contributed by atoms with van der Waals surface area (Å²) >= 11 is 0. The van der Waals surface area contributed by atoms with Crippen LogP contribution in [-0.2, 0) is 11.2 Å². The molecule has 1 aliphatic heterocycles. The highest BCUT2D eigenvalue weighted by Gasteiger charge is 2.30. The van der Waals surface area contributed by atoms with E-state index in [0.29, 0.717) is 6.54 Å². The molecule has 132 valence electrons. The van der Waals surface area contributed by atoms with Gasteiger partial charge in [-0.2, -0.15) is 0 Å². The molecule has 3 rings (SSSR count). The molecule has 0 radical (unpaired) electrons. The largest absolute Gasteiger partial charge is 0.333 e. The van der Waals surface area contributed by atoms with Gasteiger partial charge in [-0.1, -0.05) is 35.9 Å². The fourth-order valence-corrected chi connectivity index (χ4v) is 3.43. The third-order valence-corrected chi connectivity index (χ3v) is 4.70. The van der Waals surface area contributed by atoms with Crippen LogP contribution in [0.2, 0.25) is 0 Å². The van der Waals surface area contributed by atoms with Crippen molar-refractivity contribution in [2.24, 2.45) is 0 Å². The highest BCUT2D eigenvalue weighted by atomic mass is 16.2. The summed E-state index contributed by atoms with van der Waals surface area (Å²) in [5, 5.41) is 0. The Hall–Kier alpha value is -2.20. The van der Waals surface area contributed by atoms with E-state index in [9.17, 15) is 4.79 Å². The molecule has 25 heavy (non-hydrogen) atoms. The van der Waals surface area contributed by atoms with Crippen LogP contribution in [0.4, 0.5) is 0 Å². The first-order valence-corrected chi connectivity index (χ1v) is 8.98. The molecular weight excluding hydrogens is 310 g/mol. The maximum absolute atomic E-state index is 12.5. The Bertz CT molecular complexity index is 724. The second-order valence-corrected chi connectivity index (χ2v) is 7.20. The normalized spacial score (nSPS) is 17.3. The zero-order valence-corrected chi connectivity index (χ0v) is 15.4. The number of nitrogens with zero attached hydrogens (tertiary/aromatic N) is 3. The molecular formula is C21H27N3O. The molecule has 1 aromatic heterocycles. The zero-order chi connectivity index (χ0) is 17.8. The van der Waals surface area contributed by atoms with Gasteiger partial charge in [0.05, 0.1) is 18.3 Å². The first kappa shape index (κ1) is 17.6. The second kappa shape index (κ2) is 7.79. The van der Waals surface area contributed by atoms with Crippen LogP contribution in [0.5, 0.6) is 0 Å². The molecule has 1 aliphatic rings. The van der Waals surface area contributed by atoms with Gasteiger partial charge < -0.3 is 9.80 Å². The van der Waals surface area contributed by atoms with Gasteiger partial charge in [0.1, 0.15) is 0 Å². The van der Waals surface area contributed by atoms with Crippen LogP contribution < -0.4 is 0 Å². The van der Waals surface area contributed by atoms with Crippen LogP contribution in [0.3, 0.4) is 0 Å². The third-order valence-electron chi connectivity index (χ3n) is 4.70. The van der Waals surface area contributed by atoms with Crippen molar-refractivity contribution in [2.75, 3.05) is 27.2 Å². The monoisotopic (exact) mass is 337 g/mol. The van der Waals surface area contributed by atoms with E-state index >= 15 is 0 Å². The number of hydrogen-bond donors (Lipinski definition) is 0. The summed E-state index contributed by atoms with van der Waals surface area (Å²) in [6.45, 7) is 3.39. The molecule has 1 aromatic carbocycles. The lowest BCUT2D eigenvalue weighted by molar-refractivity contribution is -0.132. The molecule has 0 N–H and O–H groups in total. The Labute approximate surface area is 150 Å². The predicted molar refractivity (Wildman–Crippen MR) is 100 cm³/mol. The molecule has 0 spiro atoms. The summed E-state index contributed by atoms with van der Waals surface area (Å²) < 4.78 is 0. The number of carbonyl (C=O) groups excluding carboxylic acids is 1. The average Bonchev–Trinajstić information content (AvgIpc) is 3.06. The Morgan fingerprint density at radius 1 is 1.20 bits per heavy atom. The van der Waals surface area contributed by atoms with Crippen LogP contribution >= 0.6 is 0 Å². The van der Waals surface area contributed by atoms with Gasteiger partial charge in [-0.05, 0) is 51.6 Å². The molecule has 0 unspecified atom stereocenters. The van der Waals surface area contributed by atoms with E-state index in [1.165, 1.54) is 11.1 Å². The summed E-state index contributed by atoms with van der Waals surface area (Å²) in [5.41, 5.74) is 4.62. The highest BCUT2D eigenvalue weighted by Crippen LogP contribution is 2.31. The predicted octanol–water partition coefficient (Wildman–Crippen LogP) is 3.21. The number of likely N-dealkylation sites (tertiary alicyclic amines) is 1. The zero-order valence-electron chi connectivity index (χ0n) is 15.4. The van der Waals surface area contributed by atoms with Crippen LogP contribution in [0.15, 0.2) is 42.5 Å². The van der Waals surface area contributed by atoms with Gasteiger partial charge in [0, 0.05) is 18.7 Å². The molecule has 4 nitrogen and oxygen atoms in total. The van der Waals surface area contributed by atoms with E-state index in [-0.39, 0.29) is 11.9 Å². The number of benzene rings is 1. The minimum absolute atomic E-state index is 0.116. The minimum Gasteiger partial charge on any atom is -0.333 e. The Kier molecular flexibility index (Phi) is 5.49. The standard InChI is InChI=1S/C21H27N3O/c1-16-9-11-17(12-10-16)14-18-6-4-7-19(22-18)20-8-5-13-24(20)21(25)15-23(2)3/h4,6-7,9-12,20H,5,8,13-15H2,1-3H3/t20-/m1/s1. The van der Waals surface area contributed by atoms with Gasteiger partial charge in [-0.3, -0.25) is 9.78 Å². The smallest absolute Gasteiger partial charge is 0.237 e. The lowest BCUT2D eigenvalue weighted by Gasteiger charge is -2.26. The third kappa shape index (κ3) is 4.45. The van der Waals surface area contributed by atoms with E-state index in [0.717, 1.165) is 37.2 Å². The number of likely N-dealkylation sites (N-methyl/N-ethyl adjacent to an activating group) is 1. The van der Waals surface area contributed by atoms with E-state index in [1.807, 2.05) is 23.9 Å². The van der Waals surface area contributed by atoms with Crippen LogP contribution in [0.25, 0.3) is 0 Å². The number of amides is 1. The Balaban J connectivity index is 1.76. The van der Waals surface area contributed by atoms with Crippen molar-refractivity contribution >= 4 is 5.91 Å². The molecule has 2 aromatic rings. The molecule has 0 aliphatic carbocycles. The van der Waals surface area contributed by atoms with Crippen molar-refractivity contribution in [1.82, 2.24) is 14.8 Å². The van der Waals surface area contributed by atoms with Crippen molar-refractivity contribution in [3.63, 3.8) is 0 Å². The van der Waals surface area contributed by atoms with Crippen LogP contribution in [0.1, 0.15) is 41.4 Å². The number of pyridine rings is 1. The van der Waals surface area contributed by atoms with E-state index < -0.39 is 0 Å². The van der Waals surface area contributed by atoms with Gasteiger partial charge in [-0.25, -0.2) is 0 Å². The number of carbonyl (C=O) groups is 1. The van der Waals surface area contributed by atoms with Gasteiger partial charge in [0.2, 0.25) is 5.91 Å². The summed E-state index contributed by atoms with van der Waals surface area (Å²) in [6.07, 6.45) is 2.88. The minimum atomic E-state index is 0.116. The first-order chi connectivity index (χ1) is 12.0. The van der Waals surface area contributed by atoms with E-state index in [1.54, 1.807) is 0 Å². The van der Waals surface area contributed by atoms with Crippen molar-refractivity contribution in [3.05, 3.63) is 65.0 Å². The number of aromatic nitrogens is 1. The lowest BCUT2D eigenvalue weighted by Crippen LogP contribution is -2.37. The summed E-state index contributed by atoms with van der Waals surface area (Å²) in [4.78, 5) is 21.3. The SMILES string of the molecule is Cc1ccc(Cc2cccc([C@H]3CCCN3C(=O)CN(C)C)n2)cc1. The Morgan fingerprint density at radius 2 is 1.96 bits per heavy atom. The molecule has 4 heteroatoms. The van der Waals surface area contributed by atoms with Crippen molar-refractivity contribution in [3.8, 4) is 0 Å². The molecule has 2 heterocycles. The summed E-state index contributed by atoms with van der Waals surface area (Å²) in [6, 6.07) is 14.9. The summed E-state index contributed by atoms with van der Waals surface area (Å²) in [7, 11) is 3.87. The van der Waals surface area contributed by atoms with Gasteiger partial charge in [-0.15, -0.1) is 0 Å². The van der Waals surface area contributed by atoms with Crippen LogP contribution in [0, 0.1) is 6.92 Å². The maximum atomic E-state index is 12.5. The molecule has 1 saturated heterocycles. The second-order valence-electron chi connectivity index (χ2n) is 7.20. The quantitative estimate of drug-likeness (QED) is 0.841. The maximum Gasteiger partial charge on any atom is 0.237 e. The van der Waals surface area contributed by atoms with E-state index in [2.05, 4.69) is 49.4 Å². The van der Waals surface area contributed by atoms with Gasteiger partial charge in [0.15, 0.2) is 0 Å². The van der Waals surface area contributed by atoms with Gasteiger partial charge >= 0.3 is 0 Å². The van der Waals surface area contributed by atoms with Crippen molar-refractivity contribution in [1.29, 1.82) is 0 Å². The van der Waals surface area contributed by atoms with E-state index in [4.69, 9.17) is 4.98 Å². The highest BCUT2D eigenvalue weighted by molar-refractivity contribution is 5.79. The first-order valence-electron chi connectivity index (χ1n) is 8.98. The molecule has 0 bridgehead atoms. The number of aryl methyl sites for hydroxylation is 1. The number of rotatable bonds is 5. The Morgan fingerprint density at radius 3 is 2.68 bits per heavy atom. The summed E-state index contributed by atoms with van der Waals surface area (Å²) in [5.74, 6) is 0.193.